The van der Waals surface area contributed by atoms with Crippen molar-refractivity contribution in [3.63, 3.8) is 0 Å². The number of hydrogen-bond donors (Lipinski definition) is 1. The molecule has 2 aromatic carbocycles. The van der Waals surface area contributed by atoms with Crippen molar-refractivity contribution >= 4 is 23.4 Å². The number of H-pyrrole nitrogens is 1. The average Bonchev–Trinajstić information content (AvgIpc) is 3.12. The number of rotatable bonds is 4. The van der Waals surface area contributed by atoms with Crippen molar-refractivity contribution in [1.82, 2.24) is 19.9 Å². The van der Waals surface area contributed by atoms with Crippen molar-refractivity contribution < 1.29 is 4.74 Å². The van der Waals surface area contributed by atoms with E-state index in [2.05, 4.69) is 45.2 Å². The molecule has 1 aliphatic rings. The molecule has 0 unspecified atom stereocenters. The van der Waals surface area contributed by atoms with Gasteiger partial charge in [0.1, 0.15) is 5.75 Å². The molecule has 2 aromatic heterocycles. The second kappa shape index (κ2) is 8.23. The van der Waals surface area contributed by atoms with Crippen molar-refractivity contribution in [3.8, 4) is 17.1 Å². The monoisotopic (exact) mass is 406 g/mol. The Labute approximate surface area is 176 Å². The van der Waals surface area contributed by atoms with Gasteiger partial charge in [-0.05, 0) is 29.8 Å². The minimum absolute atomic E-state index is 0. The summed E-state index contributed by atoms with van der Waals surface area (Å²) in [5, 5.41) is 0. The minimum atomic E-state index is 0. The standard InChI is InChI=1S/C23H22N4O.ClH/c1-28-18-9-7-17(8-10-18)23-24-13-21-22(26-23)19-15-27(12-11-20(19)25-21)14-16-5-3-2-4-6-16;/h2-10,13,25H,11-12,14-15H2,1H3;1H. The van der Waals surface area contributed by atoms with Crippen LogP contribution in [0, 0.1) is 0 Å². The highest BCUT2D eigenvalue weighted by molar-refractivity contribution is 5.85. The van der Waals surface area contributed by atoms with Gasteiger partial charge in [-0.15, -0.1) is 12.4 Å². The highest BCUT2D eigenvalue weighted by Gasteiger charge is 2.22. The van der Waals surface area contributed by atoms with Crippen molar-refractivity contribution in [1.29, 1.82) is 0 Å². The first-order valence-corrected chi connectivity index (χ1v) is 9.57. The van der Waals surface area contributed by atoms with Crippen LogP contribution in [-0.4, -0.2) is 33.5 Å². The number of aromatic nitrogens is 3. The largest absolute Gasteiger partial charge is 0.497 e. The van der Waals surface area contributed by atoms with Crippen LogP contribution < -0.4 is 4.74 Å². The van der Waals surface area contributed by atoms with Gasteiger partial charge in [-0.2, -0.15) is 0 Å². The van der Waals surface area contributed by atoms with Gasteiger partial charge in [0, 0.05) is 42.9 Å². The molecule has 5 nitrogen and oxygen atoms in total. The maximum atomic E-state index is 5.25. The first kappa shape index (κ1) is 19.4. The summed E-state index contributed by atoms with van der Waals surface area (Å²) in [6.07, 6.45) is 2.91. The molecule has 0 fully saturated rings. The topological polar surface area (TPSA) is 54.0 Å². The molecular weight excluding hydrogens is 384 g/mol. The van der Waals surface area contributed by atoms with E-state index >= 15 is 0 Å². The predicted octanol–water partition coefficient (Wildman–Crippen LogP) is 4.61. The molecule has 0 atom stereocenters. The van der Waals surface area contributed by atoms with E-state index in [-0.39, 0.29) is 12.4 Å². The van der Waals surface area contributed by atoms with Gasteiger partial charge < -0.3 is 9.72 Å². The number of nitrogens with zero attached hydrogens (tertiary/aromatic N) is 3. The number of hydrogen-bond acceptors (Lipinski definition) is 4. The van der Waals surface area contributed by atoms with Gasteiger partial charge in [0.15, 0.2) is 5.82 Å². The molecule has 0 spiro atoms. The summed E-state index contributed by atoms with van der Waals surface area (Å²) in [6, 6.07) is 18.5. The SMILES string of the molecule is COc1ccc(-c2ncc3[nH]c4c(c3n2)CN(Cc2ccccc2)CC4)cc1.Cl. The first-order chi connectivity index (χ1) is 13.8. The zero-order valence-corrected chi connectivity index (χ0v) is 17.1. The van der Waals surface area contributed by atoms with E-state index in [9.17, 15) is 0 Å². The van der Waals surface area contributed by atoms with E-state index in [1.807, 2.05) is 30.5 Å². The molecule has 0 saturated heterocycles. The molecule has 0 aliphatic carbocycles. The third-order valence-electron chi connectivity index (χ3n) is 5.38. The van der Waals surface area contributed by atoms with Crippen LogP contribution in [0.1, 0.15) is 16.8 Å². The minimum Gasteiger partial charge on any atom is -0.497 e. The van der Waals surface area contributed by atoms with Gasteiger partial charge in [-0.3, -0.25) is 4.90 Å². The van der Waals surface area contributed by atoms with Crippen LogP contribution in [0.4, 0.5) is 0 Å². The number of aromatic amines is 1. The van der Waals surface area contributed by atoms with Crippen LogP contribution in [0.15, 0.2) is 60.8 Å². The molecule has 1 aliphatic heterocycles. The Morgan fingerprint density at radius 3 is 2.62 bits per heavy atom. The summed E-state index contributed by atoms with van der Waals surface area (Å²) in [7, 11) is 1.67. The quantitative estimate of drug-likeness (QED) is 0.537. The number of benzene rings is 2. The van der Waals surface area contributed by atoms with Gasteiger partial charge in [0.2, 0.25) is 0 Å². The third kappa shape index (κ3) is 3.84. The van der Waals surface area contributed by atoms with E-state index in [0.717, 1.165) is 54.2 Å². The van der Waals surface area contributed by atoms with E-state index in [0.29, 0.717) is 0 Å². The molecule has 29 heavy (non-hydrogen) atoms. The fourth-order valence-electron chi connectivity index (χ4n) is 3.90. The number of halogens is 1. The molecule has 6 heteroatoms. The van der Waals surface area contributed by atoms with Crippen LogP contribution in [0.3, 0.4) is 0 Å². The third-order valence-corrected chi connectivity index (χ3v) is 5.38. The van der Waals surface area contributed by atoms with Crippen molar-refractivity contribution in [2.45, 2.75) is 19.5 Å². The Morgan fingerprint density at radius 2 is 1.86 bits per heavy atom. The second-order valence-electron chi connectivity index (χ2n) is 7.21. The van der Waals surface area contributed by atoms with Crippen LogP contribution >= 0.6 is 12.4 Å². The Morgan fingerprint density at radius 1 is 1.07 bits per heavy atom. The number of methoxy groups -OCH3 is 1. The van der Waals surface area contributed by atoms with Gasteiger partial charge in [0.25, 0.3) is 0 Å². The second-order valence-corrected chi connectivity index (χ2v) is 7.21. The molecule has 0 radical (unpaired) electrons. The van der Waals surface area contributed by atoms with Gasteiger partial charge in [-0.25, -0.2) is 9.97 Å². The normalized spacial score (nSPS) is 13.7. The van der Waals surface area contributed by atoms with Crippen molar-refractivity contribution in [3.05, 3.63) is 77.6 Å². The highest BCUT2D eigenvalue weighted by Crippen LogP contribution is 2.29. The summed E-state index contributed by atoms with van der Waals surface area (Å²) in [5.41, 5.74) is 6.99. The molecule has 1 N–H and O–H groups in total. The molecule has 148 valence electrons. The zero-order valence-electron chi connectivity index (χ0n) is 16.3. The van der Waals surface area contributed by atoms with Gasteiger partial charge in [-0.1, -0.05) is 30.3 Å². The lowest BCUT2D eigenvalue weighted by Crippen LogP contribution is -2.29. The van der Waals surface area contributed by atoms with Crippen molar-refractivity contribution in [2.75, 3.05) is 13.7 Å². The zero-order chi connectivity index (χ0) is 18.9. The van der Waals surface area contributed by atoms with Gasteiger partial charge >= 0.3 is 0 Å². The maximum absolute atomic E-state index is 5.25. The summed E-state index contributed by atoms with van der Waals surface area (Å²) < 4.78 is 5.25. The first-order valence-electron chi connectivity index (χ1n) is 9.57. The molecule has 5 rings (SSSR count). The Bertz CT molecular complexity index is 1110. The van der Waals surface area contributed by atoms with Crippen LogP contribution in [0.2, 0.25) is 0 Å². The van der Waals surface area contributed by atoms with Crippen LogP contribution in [0.25, 0.3) is 22.4 Å². The summed E-state index contributed by atoms with van der Waals surface area (Å²) >= 11 is 0. The molecule has 4 aromatic rings. The Kier molecular flexibility index (Phi) is 5.51. The Hall–Kier alpha value is -2.89. The number of fused-ring (bicyclic) bond motifs is 3. The van der Waals surface area contributed by atoms with E-state index in [1.165, 1.54) is 16.8 Å². The fourth-order valence-corrected chi connectivity index (χ4v) is 3.90. The lowest BCUT2D eigenvalue weighted by Gasteiger charge is -2.26. The lowest BCUT2D eigenvalue weighted by atomic mass is 10.1. The fraction of sp³-hybridized carbons (Fsp3) is 0.217. The molecule has 0 saturated carbocycles. The molecular formula is C23H23ClN4O. The van der Waals surface area contributed by atoms with Crippen LogP contribution in [-0.2, 0) is 19.5 Å². The van der Waals surface area contributed by atoms with Crippen LogP contribution in [0.5, 0.6) is 5.75 Å². The van der Waals surface area contributed by atoms with Crippen molar-refractivity contribution in [2.24, 2.45) is 0 Å². The lowest BCUT2D eigenvalue weighted by molar-refractivity contribution is 0.245. The number of nitrogens with one attached hydrogen (secondary N) is 1. The highest BCUT2D eigenvalue weighted by atomic mass is 35.5. The van der Waals surface area contributed by atoms with E-state index in [4.69, 9.17) is 9.72 Å². The smallest absolute Gasteiger partial charge is 0.159 e. The molecule has 0 bridgehead atoms. The summed E-state index contributed by atoms with van der Waals surface area (Å²) in [6.45, 7) is 2.92. The average molecular weight is 407 g/mol. The van der Waals surface area contributed by atoms with E-state index in [1.54, 1.807) is 7.11 Å². The number of ether oxygens (including phenoxy) is 1. The molecule has 3 heterocycles. The summed E-state index contributed by atoms with van der Waals surface area (Å²) in [5.74, 6) is 1.58. The molecule has 0 amide bonds. The predicted molar refractivity (Wildman–Crippen MR) is 117 cm³/mol. The van der Waals surface area contributed by atoms with Gasteiger partial charge in [0.05, 0.1) is 24.3 Å². The summed E-state index contributed by atoms with van der Waals surface area (Å²) in [4.78, 5) is 15.5. The maximum Gasteiger partial charge on any atom is 0.159 e. The Balaban J connectivity index is 0.00000205. The van der Waals surface area contributed by atoms with E-state index < -0.39 is 0 Å².